The van der Waals surface area contributed by atoms with E-state index in [1.807, 2.05) is 25.1 Å². The second kappa shape index (κ2) is 12.3. The summed E-state index contributed by atoms with van der Waals surface area (Å²) in [5.74, 6) is 0.801. The molecule has 2 unspecified atom stereocenters. The summed E-state index contributed by atoms with van der Waals surface area (Å²) in [6.07, 6.45) is 2.40. The number of hydrogen-bond acceptors (Lipinski definition) is 3. The molecule has 2 rings (SSSR count). The Bertz CT molecular complexity index is 628. The van der Waals surface area contributed by atoms with Crippen molar-refractivity contribution in [2.75, 3.05) is 31.6 Å². The van der Waals surface area contributed by atoms with Gasteiger partial charge in [0.1, 0.15) is 0 Å². The fraction of sp³-hybridized carbons (Fsp3) is 0.579. The molecule has 152 valence electrons. The molecule has 1 amide bonds. The van der Waals surface area contributed by atoms with Crippen LogP contribution in [0.4, 0.5) is 5.69 Å². The molecule has 1 fully saturated rings. The van der Waals surface area contributed by atoms with E-state index in [0.717, 1.165) is 42.6 Å². The van der Waals surface area contributed by atoms with Crippen molar-refractivity contribution in [1.82, 2.24) is 16.0 Å². The van der Waals surface area contributed by atoms with Gasteiger partial charge in [-0.05, 0) is 38.0 Å². The summed E-state index contributed by atoms with van der Waals surface area (Å²) >= 11 is 6.09. The standard InChI is InChI=1S/C19H30ClN5O.HI/c1-4-14(2)23-18(26)8-10-22-19(21-3)24-16-9-11-25(13-16)17-7-5-6-15(20)12-17;/h5-7,12,14,16H,4,8-11,13H2,1-3H3,(H,23,26)(H2,21,22,24);1H. The van der Waals surface area contributed by atoms with Crippen LogP contribution in [0.1, 0.15) is 33.1 Å². The summed E-state index contributed by atoms with van der Waals surface area (Å²) < 4.78 is 0. The van der Waals surface area contributed by atoms with Crippen LogP contribution >= 0.6 is 35.6 Å². The molecular weight excluding hydrogens is 477 g/mol. The maximum atomic E-state index is 11.8. The lowest BCUT2D eigenvalue weighted by Gasteiger charge is -2.20. The average Bonchev–Trinajstić information content (AvgIpc) is 3.09. The van der Waals surface area contributed by atoms with Crippen LogP contribution in [0, 0.1) is 0 Å². The largest absolute Gasteiger partial charge is 0.369 e. The number of nitrogens with zero attached hydrogens (tertiary/aromatic N) is 2. The number of hydrogen-bond donors (Lipinski definition) is 3. The van der Waals surface area contributed by atoms with E-state index in [1.165, 1.54) is 0 Å². The minimum absolute atomic E-state index is 0. The van der Waals surface area contributed by atoms with Gasteiger partial charge in [0.2, 0.25) is 5.91 Å². The van der Waals surface area contributed by atoms with Crippen LogP contribution < -0.4 is 20.9 Å². The fourth-order valence-electron chi connectivity index (χ4n) is 2.92. The fourth-order valence-corrected chi connectivity index (χ4v) is 3.10. The quantitative estimate of drug-likeness (QED) is 0.302. The van der Waals surface area contributed by atoms with Gasteiger partial charge in [0, 0.05) is 55.9 Å². The number of halogens is 2. The number of guanidine groups is 1. The van der Waals surface area contributed by atoms with E-state index in [4.69, 9.17) is 11.6 Å². The smallest absolute Gasteiger partial charge is 0.221 e. The van der Waals surface area contributed by atoms with E-state index in [1.54, 1.807) is 7.05 Å². The van der Waals surface area contributed by atoms with Crippen molar-refractivity contribution in [3.8, 4) is 0 Å². The monoisotopic (exact) mass is 507 g/mol. The number of carbonyl (C=O) groups is 1. The number of aliphatic imine (C=N–C) groups is 1. The minimum Gasteiger partial charge on any atom is -0.369 e. The molecule has 27 heavy (non-hydrogen) atoms. The minimum atomic E-state index is 0. The van der Waals surface area contributed by atoms with Gasteiger partial charge in [-0.1, -0.05) is 24.6 Å². The van der Waals surface area contributed by atoms with E-state index in [0.29, 0.717) is 19.0 Å². The van der Waals surface area contributed by atoms with Crippen LogP contribution in [0.5, 0.6) is 0 Å². The van der Waals surface area contributed by atoms with Crippen molar-refractivity contribution < 1.29 is 4.79 Å². The van der Waals surface area contributed by atoms with Crippen LogP contribution in [0.2, 0.25) is 5.02 Å². The Balaban J connectivity index is 0.00000364. The van der Waals surface area contributed by atoms with Crippen LogP contribution in [0.3, 0.4) is 0 Å². The molecule has 0 radical (unpaired) electrons. The molecule has 0 bridgehead atoms. The molecule has 1 aliphatic rings. The summed E-state index contributed by atoms with van der Waals surface area (Å²) in [6, 6.07) is 8.47. The molecule has 2 atom stereocenters. The lowest BCUT2D eigenvalue weighted by atomic mass is 10.2. The third-order valence-corrected chi connectivity index (χ3v) is 4.83. The Labute approximate surface area is 184 Å². The zero-order valence-corrected chi connectivity index (χ0v) is 19.4. The highest BCUT2D eigenvalue weighted by molar-refractivity contribution is 14.0. The first-order valence-electron chi connectivity index (χ1n) is 9.29. The van der Waals surface area contributed by atoms with Gasteiger partial charge < -0.3 is 20.9 Å². The van der Waals surface area contributed by atoms with Gasteiger partial charge in [-0.15, -0.1) is 24.0 Å². The third kappa shape index (κ3) is 8.13. The Morgan fingerprint density at radius 3 is 2.89 bits per heavy atom. The van der Waals surface area contributed by atoms with E-state index in [-0.39, 0.29) is 35.9 Å². The van der Waals surface area contributed by atoms with Gasteiger partial charge >= 0.3 is 0 Å². The summed E-state index contributed by atoms with van der Waals surface area (Å²) in [6.45, 7) is 6.51. The lowest BCUT2D eigenvalue weighted by molar-refractivity contribution is -0.121. The van der Waals surface area contributed by atoms with Gasteiger partial charge in [-0.3, -0.25) is 9.79 Å². The molecule has 3 N–H and O–H groups in total. The van der Waals surface area contributed by atoms with Gasteiger partial charge in [-0.2, -0.15) is 0 Å². The maximum absolute atomic E-state index is 11.8. The zero-order valence-electron chi connectivity index (χ0n) is 16.3. The normalized spacial score (nSPS) is 17.9. The number of benzene rings is 1. The number of carbonyl (C=O) groups excluding carboxylic acids is 1. The van der Waals surface area contributed by atoms with Gasteiger partial charge in [0.25, 0.3) is 0 Å². The van der Waals surface area contributed by atoms with E-state index in [2.05, 4.69) is 38.8 Å². The summed E-state index contributed by atoms with van der Waals surface area (Å²) in [5.41, 5.74) is 1.14. The first kappa shape index (κ1) is 23.8. The van der Waals surface area contributed by atoms with E-state index >= 15 is 0 Å². The molecule has 1 heterocycles. The average molecular weight is 508 g/mol. The van der Waals surface area contributed by atoms with Crippen molar-refractivity contribution in [3.05, 3.63) is 29.3 Å². The maximum Gasteiger partial charge on any atom is 0.221 e. The number of anilines is 1. The molecule has 1 saturated heterocycles. The van der Waals surface area contributed by atoms with E-state index < -0.39 is 0 Å². The first-order chi connectivity index (χ1) is 12.5. The number of amides is 1. The summed E-state index contributed by atoms with van der Waals surface area (Å²) in [7, 11) is 1.75. The van der Waals surface area contributed by atoms with Crippen LogP contribution in [0.25, 0.3) is 0 Å². The molecule has 8 heteroatoms. The SMILES string of the molecule is CCC(C)NC(=O)CCNC(=NC)NC1CCN(c2cccc(Cl)c2)C1.I. The highest BCUT2D eigenvalue weighted by atomic mass is 127. The van der Waals surface area contributed by atoms with Crippen molar-refractivity contribution in [2.45, 2.75) is 45.2 Å². The zero-order chi connectivity index (χ0) is 18.9. The highest BCUT2D eigenvalue weighted by Gasteiger charge is 2.23. The third-order valence-electron chi connectivity index (χ3n) is 4.59. The van der Waals surface area contributed by atoms with Gasteiger partial charge in [0.15, 0.2) is 5.96 Å². The van der Waals surface area contributed by atoms with Crippen molar-refractivity contribution in [2.24, 2.45) is 4.99 Å². The Hall–Kier alpha value is -1.22. The van der Waals surface area contributed by atoms with Crippen LogP contribution in [-0.4, -0.2) is 50.6 Å². The number of nitrogens with one attached hydrogen (secondary N) is 3. The Morgan fingerprint density at radius 1 is 1.44 bits per heavy atom. The molecule has 6 nitrogen and oxygen atoms in total. The first-order valence-corrected chi connectivity index (χ1v) is 9.66. The molecule has 1 aromatic rings. The van der Waals surface area contributed by atoms with Crippen molar-refractivity contribution in [1.29, 1.82) is 0 Å². The lowest BCUT2D eigenvalue weighted by Crippen LogP contribution is -2.45. The summed E-state index contributed by atoms with van der Waals surface area (Å²) in [4.78, 5) is 18.4. The molecule has 0 aliphatic carbocycles. The van der Waals surface area contributed by atoms with Crippen LogP contribution in [-0.2, 0) is 4.79 Å². The molecule has 0 aromatic heterocycles. The molecule has 0 saturated carbocycles. The summed E-state index contributed by atoms with van der Waals surface area (Å²) in [5, 5.41) is 10.4. The van der Waals surface area contributed by atoms with E-state index in [9.17, 15) is 4.79 Å². The topological polar surface area (TPSA) is 68.8 Å². The number of rotatable bonds is 7. The van der Waals surface area contributed by atoms with Crippen molar-refractivity contribution >= 4 is 53.1 Å². The molecular formula is C19H31ClIN5O. The van der Waals surface area contributed by atoms with Crippen molar-refractivity contribution in [3.63, 3.8) is 0 Å². The van der Waals surface area contributed by atoms with Crippen LogP contribution in [0.15, 0.2) is 29.3 Å². The molecule has 1 aliphatic heterocycles. The predicted octanol–water partition coefficient (Wildman–Crippen LogP) is 3.01. The molecule has 1 aromatic carbocycles. The van der Waals surface area contributed by atoms with Gasteiger partial charge in [0.05, 0.1) is 0 Å². The predicted molar refractivity (Wildman–Crippen MR) is 124 cm³/mol. The highest BCUT2D eigenvalue weighted by Crippen LogP contribution is 2.23. The Morgan fingerprint density at radius 2 is 2.22 bits per heavy atom. The second-order valence-electron chi connectivity index (χ2n) is 6.68. The second-order valence-corrected chi connectivity index (χ2v) is 7.12. The van der Waals surface area contributed by atoms with Gasteiger partial charge in [-0.25, -0.2) is 0 Å². The molecule has 0 spiro atoms. The Kier molecular flexibility index (Phi) is 10.8.